The van der Waals surface area contributed by atoms with Crippen LogP contribution < -0.4 is 10.2 Å². The van der Waals surface area contributed by atoms with E-state index in [2.05, 4.69) is 10.2 Å². The van der Waals surface area contributed by atoms with Crippen LogP contribution in [0.25, 0.3) is 0 Å². The number of nitrogens with one attached hydrogen (secondary N) is 1. The molecule has 1 amide bonds. The summed E-state index contributed by atoms with van der Waals surface area (Å²) in [5, 5.41) is 2.69. The maximum Gasteiger partial charge on any atom is 0.416 e. The van der Waals surface area contributed by atoms with Gasteiger partial charge in [-0.2, -0.15) is 13.2 Å². The zero-order valence-corrected chi connectivity index (χ0v) is 14.2. The van der Waals surface area contributed by atoms with E-state index in [9.17, 15) is 18.0 Å². The molecule has 1 saturated heterocycles. The van der Waals surface area contributed by atoms with Gasteiger partial charge >= 0.3 is 6.18 Å². The summed E-state index contributed by atoms with van der Waals surface area (Å²) in [6.07, 6.45) is -3.21. The molecule has 2 aromatic carbocycles. The third-order valence-electron chi connectivity index (χ3n) is 4.44. The van der Waals surface area contributed by atoms with Crippen LogP contribution in [0.15, 0.2) is 48.5 Å². The number of carbonyl (C=O) groups is 1. The molecular weight excluding hydrogens is 345 g/mol. The van der Waals surface area contributed by atoms with Crippen LogP contribution in [0.5, 0.6) is 0 Å². The SMILES string of the molecule is COC1CCN(c2ccc(NC(=O)c3ccc(C(F)(F)F)cc3)cc2)C1. The lowest BCUT2D eigenvalue weighted by Gasteiger charge is -2.18. The maximum absolute atomic E-state index is 12.6. The lowest BCUT2D eigenvalue weighted by molar-refractivity contribution is -0.137. The smallest absolute Gasteiger partial charge is 0.380 e. The lowest BCUT2D eigenvalue weighted by atomic mass is 10.1. The van der Waals surface area contributed by atoms with Crippen molar-refractivity contribution in [2.24, 2.45) is 0 Å². The number of methoxy groups -OCH3 is 1. The van der Waals surface area contributed by atoms with Crippen LogP contribution in [-0.2, 0) is 10.9 Å². The summed E-state index contributed by atoms with van der Waals surface area (Å²) in [5.74, 6) is -0.452. The number of ether oxygens (including phenoxy) is 1. The molecule has 0 aromatic heterocycles. The van der Waals surface area contributed by atoms with Crippen LogP contribution in [0.4, 0.5) is 24.5 Å². The molecule has 26 heavy (non-hydrogen) atoms. The Kier molecular flexibility index (Phi) is 5.18. The molecule has 1 aliphatic rings. The number of nitrogens with zero attached hydrogens (tertiary/aromatic N) is 1. The standard InChI is InChI=1S/C19H19F3N2O2/c1-26-17-10-11-24(12-17)16-8-6-15(7-9-16)23-18(25)13-2-4-14(5-3-13)19(20,21)22/h2-9,17H,10-12H2,1H3,(H,23,25). The van der Waals surface area contributed by atoms with Gasteiger partial charge < -0.3 is 15.0 Å². The van der Waals surface area contributed by atoms with Crippen LogP contribution in [0, 0.1) is 0 Å². The molecule has 1 N–H and O–H groups in total. The molecule has 1 aliphatic heterocycles. The Bertz CT molecular complexity index is 758. The number of hydrogen-bond donors (Lipinski definition) is 1. The molecule has 1 fully saturated rings. The van der Waals surface area contributed by atoms with Crippen molar-refractivity contribution in [2.45, 2.75) is 18.7 Å². The van der Waals surface area contributed by atoms with Gasteiger partial charge in [0.1, 0.15) is 0 Å². The van der Waals surface area contributed by atoms with Crippen LogP contribution in [-0.4, -0.2) is 32.2 Å². The average molecular weight is 364 g/mol. The number of alkyl halides is 3. The van der Waals surface area contributed by atoms with Crippen molar-refractivity contribution in [3.05, 3.63) is 59.7 Å². The van der Waals surface area contributed by atoms with Gasteiger partial charge in [-0.25, -0.2) is 0 Å². The van der Waals surface area contributed by atoms with Gasteiger partial charge in [-0.1, -0.05) is 0 Å². The van der Waals surface area contributed by atoms with Gasteiger partial charge in [0.05, 0.1) is 11.7 Å². The number of halogens is 3. The molecule has 1 atom stereocenters. The highest BCUT2D eigenvalue weighted by Crippen LogP contribution is 2.29. The monoisotopic (exact) mass is 364 g/mol. The molecule has 2 aromatic rings. The molecule has 4 nitrogen and oxygen atoms in total. The first kappa shape index (κ1) is 18.3. The second kappa shape index (κ2) is 7.37. The molecule has 0 spiro atoms. The Morgan fingerprint density at radius 3 is 2.31 bits per heavy atom. The highest BCUT2D eigenvalue weighted by atomic mass is 19.4. The van der Waals surface area contributed by atoms with Crippen molar-refractivity contribution in [2.75, 3.05) is 30.4 Å². The van der Waals surface area contributed by atoms with Gasteiger partial charge in [-0.3, -0.25) is 4.79 Å². The number of carbonyl (C=O) groups excluding carboxylic acids is 1. The van der Waals surface area contributed by atoms with E-state index < -0.39 is 17.6 Å². The summed E-state index contributed by atoms with van der Waals surface area (Å²) in [6, 6.07) is 11.5. The number of anilines is 2. The number of amides is 1. The second-order valence-electron chi connectivity index (χ2n) is 6.17. The van der Waals surface area contributed by atoms with E-state index in [4.69, 9.17) is 4.74 Å². The van der Waals surface area contributed by atoms with Crippen LogP contribution >= 0.6 is 0 Å². The van der Waals surface area contributed by atoms with Gasteiger partial charge in [0, 0.05) is 37.1 Å². The number of hydrogen-bond acceptors (Lipinski definition) is 3. The first-order valence-electron chi connectivity index (χ1n) is 8.23. The van der Waals surface area contributed by atoms with E-state index in [0.717, 1.165) is 37.3 Å². The minimum absolute atomic E-state index is 0.171. The molecule has 138 valence electrons. The summed E-state index contributed by atoms with van der Waals surface area (Å²) >= 11 is 0. The van der Waals surface area contributed by atoms with E-state index in [1.807, 2.05) is 12.1 Å². The van der Waals surface area contributed by atoms with Crippen molar-refractivity contribution in [1.29, 1.82) is 0 Å². The van der Waals surface area contributed by atoms with Crippen LogP contribution in [0.3, 0.4) is 0 Å². The molecule has 3 rings (SSSR count). The van der Waals surface area contributed by atoms with Gasteiger partial charge in [-0.15, -0.1) is 0 Å². The zero-order valence-electron chi connectivity index (χ0n) is 14.2. The maximum atomic E-state index is 12.6. The first-order chi connectivity index (χ1) is 12.4. The van der Waals surface area contributed by atoms with Crippen LogP contribution in [0.1, 0.15) is 22.3 Å². The third kappa shape index (κ3) is 4.16. The summed E-state index contributed by atoms with van der Waals surface area (Å²) < 4.78 is 43.1. The molecule has 0 aliphatic carbocycles. The van der Waals surface area contributed by atoms with Crippen molar-refractivity contribution < 1.29 is 22.7 Å². The van der Waals surface area contributed by atoms with Gasteiger partial charge in [0.2, 0.25) is 0 Å². The molecule has 0 bridgehead atoms. The third-order valence-corrected chi connectivity index (χ3v) is 4.44. The van der Waals surface area contributed by atoms with Gasteiger partial charge in [0.15, 0.2) is 0 Å². The van der Waals surface area contributed by atoms with Crippen molar-refractivity contribution in [3.63, 3.8) is 0 Å². The fraction of sp³-hybridized carbons (Fsp3) is 0.316. The predicted octanol–water partition coefficient (Wildman–Crippen LogP) is 4.18. The van der Waals surface area contributed by atoms with Crippen LogP contribution in [0.2, 0.25) is 0 Å². The fourth-order valence-electron chi connectivity index (χ4n) is 2.92. The Hall–Kier alpha value is -2.54. The highest BCUT2D eigenvalue weighted by molar-refractivity contribution is 6.04. The largest absolute Gasteiger partial charge is 0.416 e. The Morgan fingerprint density at radius 1 is 1.12 bits per heavy atom. The average Bonchev–Trinajstić information content (AvgIpc) is 3.11. The lowest BCUT2D eigenvalue weighted by Crippen LogP contribution is -2.22. The zero-order chi connectivity index (χ0) is 18.7. The van der Waals surface area contributed by atoms with Crippen molar-refractivity contribution >= 4 is 17.3 Å². The van der Waals surface area contributed by atoms with Gasteiger partial charge in [0.25, 0.3) is 5.91 Å². The topological polar surface area (TPSA) is 41.6 Å². The Morgan fingerprint density at radius 2 is 1.77 bits per heavy atom. The molecular formula is C19H19F3N2O2. The quantitative estimate of drug-likeness (QED) is 0.885. The van der Waals surface area contributed by atoms with E-state index in [1.54, 1.807) is 19.2 Å². The summed E-state index contributed by atoms with van der Waals surface area (Å²) in [6.45, 7) is 1.74. The van der Waals surface area contributed by atoms with E-state index >= 15 is 0 Å². The number of benzene rings is 2. The Labute approximate surface area is 149 Å². The normalized spacial score (nSPS) is 17.4. The summed E-state index contributed by atoms with van der Waals surface area (Å²) in [7, 11) is 1.70. The summed E-state index contributed by atoms with van der Waals surface area (Å²) in [5.41, 5.74) is 1.01. The van der Waals surface area contributed by atoms with Crippen molar-refractivity contribution in [1.82, 2.24) is 0 Å². The van der Waals surface area contributed by atoms with Gasteiger partial charge in [-0.05, 0) is 55.0 Å². The first-order valence-corrected chi connectivity index (χ1v) is 8.23. The fourth-order valence-corrected chi connectivity index (χ4v) is 2.92. The second-order valence-corrected chi connectivity index (χ2v) is 6.17. The molecule has 1 unspecified atom stereocenters. The molecule has 0 radical (unpaired) electrons. The Balaban J connectivity index is 1.63. The van der Waals surface area contributed by atoms with Crippen molar-refractivity contribution in [3.8, 4) is 0 Å². The molecule has 1 heterocycles. The van der Waals surface area contributed by atoms with E-state index in [-0.39, 0.29) is 11.7 Å². The highest BCUT2D eigenvalue weighted by Gasteiger charge is 2.30. The minimum Gasteiger partial charge on any atom is -0.380 e. The minimum atomic E-state index is -4.41. The molecule has 7 heteroatoms. The number of rotatable bonds is 4. The molecule has 0 saturated carbocycles. The van der Waals surface area contributed by atoms with E-state index in [0.29, 0.717) is 5.69 Å². The van der Waals surface area contributed by atoms with E-state index in [1.165, 1.54) is 12.1 Å². The predicted molar refractivity (Wildman–Crippen MR) is 93.5 cm³/mol. The summed E-state index contributed by atoms with van der Waals surface area (Å²) in [4.78, 5) is 14.4.